The molecule has 0 bridgehead atoms. The Labute approximate surface area is 159 Å². The Hall–Kier alpha value is -3.52. The molecular formula is C25H20O2. The number of rotatable bonds is 3. The minimum Gasteiger partial charge on any atom is -0.508 e. The van der Waals surface area contributed by atoms with Gasteiger partial charge in [0.25, 0.3) is 0 Å². The first-order chi connectivity index (χ1) is 13.1. The Bertz CT molecular complexity index is 1060. The quantitative estimate of drug-likeness (QED) is 0.447. The minimum absolute atomic E-state index is 0.266. The minimum atomic E-state index is 0.266. The maximum Gasteiger partial charge on any atom is 0.119 e. The van der Waals surface area contributed by atoms with Crippen molar-refractivity contribution in [3.8, 4) is 44.9 Å². The van der Waals surface area contributed by atoms with Crippen LogP contribution in [0.25, 0.3) is 33.4 Å². The van der Waals surface area contributed by atoms with Crippen LogP contribution in [0.5, 0.6) is 11.5 Å². The fraction of sp³-hybridized carbons (Fsp3) is 0.0400. The summed E-state index contributed by atoms with van der Waals surface area (Å²) in [5, 5.41) is 19.7. The Morgan fingerprint density at radius 1 is 0.519 bits per heavy atom. The van der Waals surface area contributed by atoms with E-state index in [1.165, 1.54) is 0 Å². The summed E-state index contributed by atoms with van der Waals surface area (Å²) in [4.78, 5) is 0. The summed E-state index contributed by atoms with van der Waals surface area (Å²) in [6, 6.07) is 29.5. The summed E-state index contributed by atoms with van der Waals surface area (Å²) in [5.74, 6) is 0.570. The van der Waals surface area contributed by atoms with Gasteiger partial charge < -0.3 is 10.2 Å². The number of hydrogen-bond donors (Lipinski definition) is 2. The predicted molar refractivity (Wildman–Crippen MR) is 111 cm³/mol. The van der Waals surface area contributed by atoms with Gasteiger partial charge in [0.2, 0.25) is 0 Å². The van der Waals surface area contributed by atoms with Crippen LogP contribution in [-0.4, -0.2) is 10.2 Å². The van der Waals surface area contributed by atoms with Crippen LogP contribution in [0.3, 0.4) is 0 Å². The first kappa shape index (κ1) is 16.9. The molecule has 4 aromatic rings. The molecule has 0 unspecified atom stereocenters. The van der Waals surface area contributed by atoms with E-state index in [9.17, 15) is 10.2 Å². The molecule has 0 radical (unpaired) electrons. The number of benzene rings is 4. The van der Waals surface area contributed by atoms with Crippen molar-refractivity contribution in [3.63, 3.8) is 0 Å². The second-order valence-electron chi connectivity index (χ2n) is 6.67. The van der Waals surface area contributed by atoms with Gasteiger partial charge in [-0.25, -0.2) is 0 Å². The highest BCUT2D eigenvalue weighted by molar-refractivity contribution is 5.86. The first-order valence-corrected chi connectivity index (χ1v) is 8.91. The van der Waals surface area contributed by atoms with E-state index in [4.69, 9.17) is 0 Å². The lowest BCUT2D eigenvalue weighted by Gasteiger charge is -2.14. The summed E-state index contributed by atoms with van der Waals surface area (Å²) in [5.41, 5.74) is 7.28. The standard InChI is InChI=1S/C25H20O2/c1-17-15-23(24(16-25(17)27)20-5-3-2-4-6-20)21-9-7-18(8-10-21)19-11-13-22(26)14-12-19/h2-16,26-27H,1H3. The molecule has 0 saturated carbocycles. The molecule has 132 valence electrons. The van der Waals surface area contributed by atoms with E-state index in [1.807, 2.05) is 49.4 Å². The smallest absolute Gasteiger partial charge is 0.119 e. The molecule has 4 rings (SSSR count). The summed E-state index contributed by atoms with van der Waals surface area (Å²) < 4.78 is 0. The Kier molecular flexibility index (Phi) is 4.39. The van der Waals surface area contributed by atoms with Gasteiger partial charge in [-0.1, -0.05) is 66.7 Å². The molecule has 0 aliphatic heterocycles. The normalized spacial score (nSPS) is 10.7. The molecule has 0 aliphatic carbocycles. The van der Waals surface area contributed by atoms with Crippen LogP contribution in [0, 0.1) is 6.92 Å². The Morgan fingerprint density at radius 3 is 1.63 bits per heavy atom. The number of hydrogen-bond acceptors (Lipinski definition) is 2. The molecule has 0 fully saturated rings. The highest BCUT2D eigenvalue weighted by atomic mass is 16.3. The van der Waals surface area contributed by atoms with Crippen LogP contribution in [0.1, 0.15) is 5.56 Å². The zero-order chi connectivity index (χ0) is 18.8. The molecule has 2 heteroatoms. The molecule has 0 amide bonds. The van der Waals surface area contributed by atoms with Crippen LogP contribution >= 0.6 is 0 Å². The molecule has 0 heterocycles. The monoisotopic (exact) mass is 352 g/mol. The average Bonchev–Trinajstić information content (AvgIpc) is 2.71. The molecule has 0 saturated heterocycles. The Morgan fingerprint density at radius 2 is 1.00 bits per heavy atom. The van der Waals surface area contributed by atoms with Gasteiger partial charge in [-0.15, -0.1) is 0 Å². The highest BCUT2D eigenvalue weighted by Gasteiger charge is 2.11. The second kappa shape index (κ2) is 7.00. The van der Waals surface area contributed by atoms with E-state index in [1.54, 1.807) is 12.1 Å². The van der Waals surface area contributed by atoms with Gasteiger partial charge in [0.15, 0.2) is 0 Å². The van der Waals surface area contributed by atoms with E-state index in [2.05, 4.69) is 36.4 Å². The van der Waals surface area contributed by atoms with Gasteiger partial charge in [0, 0.05) is 0 Å². The van der Waals surface area contributed by atoms with Crippen molar-refractivity contribution in [2.45, 2.75) is 6.92 Å². The van der Waals surface area contributed by atoms with Crippen molar-refractivity contribution in [2.24, 2.45) is 0 Å². The molecular weight excluding hydrogens is 332 g/mol. The maximum absolute atomic E-state index is 10.2. The van der Waals surface area contributed by atoms with Crippen LogP contribution in [0.2, 0.25) is 0 Å². The van der Waals surface area contributed by atoms with Crippen LogP contribution in [-0.2, 0) is 0 Å². The zero-order valence-electron chi connectivity index (χ0n) is 15.1. The third kappa shape index (κ3) is 3.42. The summed E-state index contributed by atoms with van der Waals surface area (Å²) in [7, 11) is 0. The van der Waals surface area contributed by atoms with Gasteiger partial charge in [0.1, 0.15) is 11.5 Å². The molecule has 2 nitrogen and oxygen atoms in total. The molecule has 0 aromatic heterocycles. The third-order valence-corrected chi connectivity index (χ3v) is 4.82. The molecule has 4 aromatic carbocycles. The molecule has 0 spiro atoms. The van der Waals surface area contributed by atoms with Crippen molar-refractivity contribution in [1.29, 1.82) is 0 Å². The van der Waals surface area contributed by atoms with Gasteiger partial charge >= 0.3 is 0 Å². The number of phenolic OH excluding ortho intramolecular Hbond substituents is 2. The van der Waals surface area contributed by atoms with Gasteiger partial charge in [-0.2, -0.15) is 0 Å². The van der Waals surface area contributed by atoms with Crippen molar-refractivity contribution in [1.82, 2.24) is 0 Å². The average molecular weight is 352 g/mol. The van der Waals surface area contributed by atoms with Crippen molar-refractivity contribution < 1.29 is 10.2 Å². The van der Waals surface area contributed by atoms with Gasteiger partial charge in [-0.3, -0.25) is 0 Å². The van der Waals surface area contributed by atoms with E-state index in [-0.39, 0.29) is 5.75 Å². The predicted octanol–water partition coefficient (Wildman–Crippen LogP) is 6.41. The fourth-order valence-electron chi connectivity index (χ4n) is 3.29. The lowest BCUT2D eigenvalue weighted by molar-refractivity contribution is 0.471. The number of aromatic hydroxyl groups is 2. The van der Waals surface area contributed by atoms with E-state index in [0.717, 1.165) is 38.9 Å². The molecule has 2 N–H and O–H groups in total. The maximum atomic E-state index is 10.2. The highest BCUT2D eigenvalue weighted by Crippen LogP contribution is 2.37. The molecule has 0 aliphatic rings. The number of phenols is 2. The molecule has 27 heavy (non-hydrogen) atoms. The SMILES string of the molecule is Cc1cc(-c2ccc(-c3ccc(O)cc3)cc2)c(-c2ccccc2)cc1O. The largest absolute Gasteiger partial charge is 0.508 e. The summed E-state index contributed by atoms with van der Waals surface area (Å²) in [6.07, 6.45) is 0. The van der Waals surface area contributed by atoms with Crippen LogP contribution < -0.4 is 0 Å². The van der Waals surface area contributed by atoms with E-state index >= 15 is 0 Å². The van der Waals surface area contributed by atoms with E-state index in [0.29, 0.717) is 5.75 Å². The topological polar surface area (TPSA) is 40.5 Å². The summed E-state index contributed by atoms with van der Waals surface area (Å²) in [6.45, 7) is 1.92. The number of aryl methyl sites for hydroxylation is 1. The molecule has 0 atom stereocenters. The van der Waals surface area contributed by atoms with Crippen molar-refractivity contribution in [3.05, 3.63) is 96.6 Å². The third-order valence-electron chi connectivity index (χ3n) is 4.82. The van der Waals surface area contributed by atoms with Crippen molar-refractivity contribution >= 4 is 0 Å². The fourth-order valence-corrected chi connectivity index (χ4v) is 3.29. The second-order valence-corrected chi connectivity index (χ2v) is 6.67. The summed E-state index contributed by atoms with van der Waals surface area (Å²) >= 11 is 0. The lowest BCUT2D eigenvalue weighted by Crippen LogP contribution is -1.88. The van der Waals surface area contributed by atoms with Gasteiger partial charge in [0.05, 0.1) is 0 Å². The first-order valence-electron chi connectivity index (χ1n) is 8.91. The van der Waals surface area contributed by atoms with Crippen molar-refractivity contribution in [2.75, 3.05) is 0 Å². The van der Waals surface area contributed by atoms with Crippen LogP contribution in [0.4, 0.5) is 0 Å². The zero-order valence-corrected chi connectivity index (χ0v) is 15.1. The van der Waals surface area contributed by atoms with Gasteiger partial charge in [-0.05, 0) is 70.1 Å². The lowest BCUT2D eigenvalue weighted by atomic mass is 9.91. The Balaban J connectivity index is 1.79. The van der Waals surface area contributed by atoms with Crippen LogP contribution in [0.15, 0.2) is 91.0 Å². The van der Waals surface area contributed by atoms with E-state index < -0.39 is 0 Å².